The van der Waals surface area contributed by atoms with E-state index >= 15 is 0 Å². The standard InChI is InChI=1S/C13H21NOS/c1-4-11(10-15-3)14-12-8-6-7-9-13(12)16-5-2/h6-9,11,14H,4-5,10H2,1-3H3. The average molecular weight is 239 g/mol. The molecule has 90 valence electrons. The van der Waals surface area contributed by atoms with Crippen molar-refractivity contribution in [1.82, 2.24) is 0 Å². The average Bonchev–Trinajstić information content (AvgIpc) is 2.31. The second-order valence-corrected chi connectivity index (χ2v) is 4.94. The van der Waals surface area contributed by atoms with Crippen LogP contribution in [0.3, 0.4) is 0 Å². The minimum absolute atomic E-state index is 0.392. The summed E-state index contributed by atoms with van der Waals surface area (Å²) in [6.45, 7) is 5.10. The third kappa shape index (κ3) is 4.06. The quantitative estimate of drug-likeness (QED) is 0.734. The Hall–Kier alpha value is -0.670. The summed E-state index contributed by atoms with van der Waals surface area (Å²) in [4.78, 5) is 1.32. The Morgan fingerprint density at radius 3 is 2.69 bits per heavy atom. The fourth-order valence-corrected chi connectivity index (χ4v) is 2.32. The minimum Gasteiger partial charge on any atom is -0.383 e. The summed E-state index contributed by atoms with van der Waals surface area (Å²) in [5, 5.41) is 3.54. The van der Waals surface area contributed by atoms with Crippen molar-refractivity contribution in [3.8, 4) is 0 Å². The van der Waals surface area contributed by atoms with Gasteiger partial charge in [0, 0.05) is 23.7 Å². The first-order valence-electron chi connectivity index (χ1n) is 5.79. The van der Waals surface area contributed by atoms with E-state index in [9.17, 15) is 0 Å². The molecule has 0 bridgehead atoms. The Morgan fingerprint density at radius 1 is 1.31 bits per heavy atom. The Balaban J connectivity index is 2.70. The second-order valence-electron chi connectivity index (χ2n) is 3.63. The normalized spacial score (nSPS) is 12.4. The summed E-state index contributed by atoms with van der Waals surface area (Å²) in [7, 11) is 1.75. The lowest BCUT2D eigenvalue weighted by molar-refractivity contribution is 0.184. The highest BCUT2D eigenvalue weighted by Crippen LogP contribution is 2.27. The van der Waals surface area contributed by atoms with E-state index in [1.165, 1.54) is 10.6 Å². The predicted molar refractivity (Wildman–Crippen MR) is 72.4 cm³/mol. The highest BCUT2D eigenvalue weighted by atomic mass is 32.2. The van der Waals surface area contributed by atoms with Crippen molar-refractivity contribution in [2.45, 2.75) is 31.2 Å². The number of benzene rings is 1. The number of methoxy groups -OCH3 is 1. The second kappa shape index (κ2) is 7.58. The summed E-state index contributed by atoms with van der Waals surface area (Å²) in [5.74, 6) is 1.10. The van der Waals surface area contributed by atoms with Crippen LogP contribution in [0.1, 0.15) is 20.3 Å². The Bertz CT molecular complexity index is 304. The zero-order chi connectivity index (χ0) is 11.8. The van der Waals surface area contributed by atoms with Gasteiger partial charge in [-0.1, -0.05) is 26.0 Å². The number of hydrogen-bond donors (Lipinski definition) is 1. The third-order valence-corrected chi connectivity index (χ3v) is 3.36. The Kier molecular flexibility index (Phi) is 6.34. The highest BCUT2D eigenvalue weighted by molar-refractivity contribution is 7.99. The molecule has 0 aliphatic heterocycles. The summed E-state index contributed by atoms with van der Waals surface area (Å²) in [5.41, 5.74) is 1.22. The van der Waals surface area contributed by atoms with Crippen molar-refractivity contribution in [3.05, 3.63) is 24.3 Å². The first kappa shape index (κ1) is 13.4. The van der Waals surface area contributed by atoms with Gasteiger partial charge in [0.25, 0.3) is 0 Å². The number of rotatable bonds is 7. The van der Waals surface area contributed by atoms with Gasteiger partial charge in [0.2, 0.25) is 0 Å². The number of thioether (sulfide) groups is 1. The summed E-state index contributed by atoms with van der Waals surface area (Å²) in [6, 6.07) is 8.84. The molecular weight excluding hydrogens is 218 g/mol. The van der Waals surface area contributed by atoms with Crippen LogP contribution >= 0.6 is 11.8 Å². The maximum absolute atomic E-state index is 5.20. The molecule has 1 aromatic carbocycles. The van der Waals surface area contributed by atoms with Crippen LogP contribution in [0.25, 0.3) is 0 Å². The van der Waals surface area contributed by atoms with Crippen molar-refractivity contribution in [2.24, 2.45) is 0 Å². The Labute approximate surface area is 103 Å². The third-order valence-electron chi connectivity index (χ3n) is 2.41. The molecule has 1 rings (SSSR count). The van der Waals surface area contributed by atoms with Gasteiger partial charge in [-0.2, -0.15) is 0 Å². The zero-order valence-electron chi connectivity index (χ0n) is 10.3. The summed E-state index contributed by atoms with van der Waals surface area (Å²) in [6.07, 6.45) is 1.07. The first-order valence-corrected chi connectivity index (χ1v) is 6.77. The van der Waals surface area contributed by atoms with Crippen molar-refractivity contribution in [2.75, 3.05) is 24.8 Å². The molecule has 0 aliphatic carbocycles. The lowest BCUT2D eigenvalue weighted by atomic mass is 10.2. The molecule has 0 spiro atoms. The SMILES string of the molecule is CCSc1ccccc1NC(CC)COC. The molecule has 16 heavy (non-hydrogen) atoms. The topological polar surface area (TPSA) is 21.3 Å². The summed E-state index contributed by atoms with van der Waals surface area (Å²) >= 11 is 1.87. The molecule has 1 atom stereocenters. The maximum Gasteiger partial charge on any atom is 0.0663 e. The van der Waals surface area contributed by atoms with Crippen molar-refractivity contribution >= 4 is 17.4 Å². The fraction of sp³-hybridized carbons (Fsp3) is 0.538. The smallest absolute Gasteiger partial charge is 0.0663 e. The Morgan fingerprint density at radius 2 is 2.06 bits per heavy atom. The van der Waals surface area contributed by atoms with Crippen LogP contribution in [0.2, 0.25) is 0 Å². The van der Waals surface area contributed by atoms with Crippen LogP contribution in [0.15, 0.2) is 29.2 Å². The molecule has 1 aromatic rings. The van der Waals surface area contributed by atoms with Crippen molar-refractivity contribution in [3.63, 3.8) is 0 Å². The zero-order valence-corrected chi connectivity index (χ0v) is 11.1. The van der Waals surface area contributed by atoms with Gasteiger partial charge in [0.1, 0.15) is 0 Å². The number of hydrogen-bond acceptors (Lipinski definition) is 3. The van der Waals surface area contributed by atoms with Gasteiger partial charge in [-0.05, 0) is 24.3 Å². The number of para-hydroxylation sites is 1. The van der Waals surface area contributed by atoms with E-state index in [1.54, 1.807) is 7.11 Å². The van der Waals surface area contributed by atoms with Crippen molar-refractivity contribution < 1.29 is 4.74 Å². The fourth-order valence-electron chi connectivity index (χ4n) is 1.55. The van der Waals surface area contributed by atoms with Gasteiger partial charge >= 0.3 is 0 Å². The summed E-state index contributed by atoms with van der Waals surface area (Å²) < 4.78 is 5.20. The van der Waals surface area contributed by atoms with Gasteiger partial charge in [-0.25, -0.2) is 0 Å². The van der Waals surface area contributed by atoms with Crippen molar-refractivity contribution in [1.29, 1.82) is 0 Å². The van der Waals surface area contributed by atoms with E-state index in [4.69, 9.17) is 4.74 Å². The molecule has 0 saturated carbocycles. The number of ether oxygens (including phenoxy) is 1. The van der Waals surface area contributed by atoms with E-state index < -0.39 is 0 Å². The van der Waals surface area contributed by atoms with Gasteiger partial charge in [-0.15, -0.1) is 11.8 Å². The molecule has 0 radical (unpaired) electrons. The molecular formula is C13H21NOS. The van der Waals surface area contributed by atoms with E-state index in [0.29, 0.717) is 6.04 Å². The largest absolute Gasteiger partial charge is 0.383 e. The van der Waals surface area contributed by atoms with Gasteiger partial charge in [-0.3, -0.25) is 0 Å². The van der Waals surface area contributed by atoms with Gasteiger partial charge in [0.05, 0.1) is 6.61 Å². The molecule has 3 heteroatoms. The first-order chi connectivity index (χ1) is 7.81. The molecule has 0 heterocycles. The van der Waals surface area contributed by atoms with E-state index in [-0.39, 0.29) is 0 Å². The van der Waals surface area contributed by atoms with Crippen LogP contribution in [-0.4, -0.2) is 25.5 Å². The van der Waals surface area contributed by atoms with E-state index in [2.05, 4.69) is 43.4 Å². The molecule has 1 N–H and O–H groups in total. The minimum atomic E-state index is 0.392. The molecule has 0 fully saturated rings. The van der Waals surface area contributed by atoms with Crippen LogP contribution in [0, 0.1) is 0 Å². The van der Waals surface area contributed by atoms with Gasteiger partial charge < -0.3 is 10.1 Å². The highest BCUT2D eigenvalue weighted by Gasteiger charge is 2.08. The van der Waals surface area contributed by atoms with E-state index in [1.807, 2.05) is 11.8 Å². The monoisotopic (exact) mass is 239 g/mol. The molecule has 1 unspecified atom stereocenters. The van der Waals surface area contributed by atoms with E-state index in [0.717, 1.165) is 18.8 Å². The van der Waals surface area contributed by atoms with Crippen LogP contribution in [-0.2, 0) is 4.74 Å². The molecule has 0 aromatic heterocycles. The van der Waals surface area contributed by atoms with Gasteiger partial charge in [0.15, 0.2) is 0 Å². The molecule has 2 nitrogen and oxygen atoms in total. The molecule has 0 amide bonds. The number of anilines is 1. The molecule has 0 aliphatic rings. The van der Waals surface area contributed by atoms with Crippen LogP contribution in [0.5, 0.6) is 0 Å². The van der Waals surface area contributed by atoms with Crippen LogP contribution in [0.4, 0.5) is 5.69 Å². The maximum atomic E-state index is 5.20. The lowest BCUT2D eigenvalue weighted by Crippen LogP contribution is -2.24. The molecule has 0 saturated heterocycles. The van der Waals surface area contributed by atoms with Crippen LogP contribution < -0.4 is 5.32 Å². The predicted octanol–water partition coefficient (Wildman–Crippen LogP) is 3.64. The number of nitrogens with one attached hydrogen (secondary N) is 1. The lowest BCUT2D eigenvalue weighted by Gasteiger charge is -2.19.